The third-order valence-corrected chi connectivity index (χ3v) is 5.16. The monoisotopic (exact) mass is 427 g/mol. The van der Waals surface area contributed by atoms with E-state index in [2.05, 4.69) is 10.6 Å². The average Bonchev–Trinajstić information content (AvgIpc) is 2.55. The second kappa shape index (κ2) is 8.29. The average molecular weight is 428 g/mol. The van der Waals surface area contributed by atoms with Gasteiger partial charge < -0.3 is 35.8 Å². The first-order chi connectivity index (χ1) is 12.0. The zero-order chi connectivity index (χ0) is 19.6. The number of aliphatic hydroxyl groups is 4. The van der Waals surface area contributed by atoms with Gasteiger partial charge in [0.05, 0.1) is 22.2 Å². The second-order valence-electron chi connectivity index (χ2n) is 5.54. The highest BCUT2D eigenvalue weighted by Crippen LogP contribution is 2.25. The van der Waals surface area contributed by atoms with Gasteiger partial charge >= 0.3 is 0 Å². The van der Waals surface area contributed by atoms with Crippen molar-refractivity contribution in [2.75, 3.05) is 11.9 Å². The summed E-state index contributed by atoms with van der Waals surface area (Å²) in [6.45, 7) is -0.587. The highest BCUT2D eigenvalue weighted by atomic mass is 35.5. The normalized spacial score (nSPS) is 29.2. The van der Waals surface area contributed by atoms with Crippen LogP contribution in [0.15, 0.2) is 23.1 Å². The van der Waals surface area contributed by atoms with Crippen molar-refractivity contribution in [3.05, 3.63) is 23.2 Å². The molecule has 0 radical (unpaired) electrons. The number of rotatable bonds is 4. The first-order valence-electron chi connectivity index (χ1n) is 7.25. The van der Waals surface area contributed by atoms with Crippen LogP contribution in [-0.4, -0.2) is 71.2 Å². The molecule has 0 aliphatic carbocycles. The van der Waals surface area contributed by atoms with Crippen LogP contribution in [0.3, 0.4) is 0 Å². The van der Waals surface area contributed by atoms with Crippen molar-refractivity contribution in [3.63, 3.8) is 0 Å². The SMILES string of the molecule is NS(=O)(=O)c1ccc(NC(=S)N[C@@H]2[C@@H](O)[C@@H](O)[C@@H](CO)O[C@@H]2O)c(Cl)c1. The predicted octanol–water partition coefficient (Wildman–Crippen LogP) is -1.93. The van der Waals surface area contributed by atoms with Gasteiger partial charge in [-0.3, -0.25) is 0 Å². The minimum Gasteiger partial charge on any atom is -0.394 e. The zero-order valence-corrected chi connectivity index (χ0v) is 15.5. The molecule has 5 atom stereocenters. The van der Waals surface area contributed by atoms with Crippen LogP contribution in [0.25, 0.3) is 0 Å². The second-order valence-corrected chi connectivity index (χ2v) is 7.92. The number of hydrogen-bond donors (Lipinski definition) is 7. The van der Waals surface area contributed by atoms with E-state index in [4.69, 9.17) is 38.8 Å². The summed E-state index contributed by atoms with van der Waals surface area (Å²) in [5.74, 6) is 0. The molecular weight excluding hydrogens is 410 g/mol. The molecule has 2 rings (SSSR count). The third kappa shape index (κ3) is 4.79. The van der Waals surface area contributed by atoms with Crippen LogP contribution in [0.2, 0.25) is 5.02 Å². The Balaban J connectivity index is 2.07. The van der Waals surface area contributed by atoms with Crippen molar-refractivity contribution in [2.24, 2.45) is 5.14 Å². The molecule has 1 aromatic carbocycles. The maximum atomic E-state index is 11.3. The largest absolute Gasteiger partial charge is 0.394 e. The number of benzene rings is 1. The van der Waals surface area contributed by atoms with Crippen molar-refractivity contribution in [1.29, 1.82) is 0 Å². The first-order valence-corrected chi connectivity index (χ1v) is 9.58. The maximum Gasteiger partial charge on any atom is 0.238 e. The number of hydrogen-bond acceptors (Lipinski definition) is 8. The molecule has 0 aromatic heterocycles. The molecular formula is C13H18ClN3O7S2. The molecule has 0 amide bonds. The number of ether oxygens (including phenoxy) is 1. The fourth-order valence-corrected chi connectivity index (χ4v) is 3.42. The Labute approximate surface area is 159 Å². The van der Waals surface area contributed by atoms with E-state index in [0.29, 0.717) is 0 Å². The van der Waals surface area contributed by atoms with Gasteiger partial charge in [0, 0.05) is 0 Å². The molecule has 10 nitrogen and oxygen atoms in total. The summed E-state index contributed by atoms with van der Waals surface area (Å²) in [6.07, 6.45) is -5.61. The van der Waals surface area contributed by atoms with Gasteiger partial charge in [0.2, 0.25) is 10.0 Å². The van der Waals surface area contributed by atoms with E-state index in [1.807, 2.05) is 0 Å². The fraction of sp³-hybridized carbons (Fsp3) is 0.462. The van der Waals surface area contributed by atoms with Crippen LogP contribution in [0.1, 0.15) is 0 Å². The smallest absolute Gasteiger partial charge is 0.238 e. The lowest BCUT2D eigenvalue weighted by atomic mass is 9.97. The van der Waals surface area contributed by atoms with E-state index in [9.17, 15) is 23.7 Å². The van der Waals surface area contributed by atoms with Gasteiger partial charge in [-0.1, -0.05) is 11.6 Å². The Hall–Kier alpha value is -1.09. The van der Waals surface area contributed by atoms with Crippen LogP contribution in [-0.2, 0) is 14.8 Å². The van der Waals surface area contributed by atoms with E-state index in [-0.39, 0.29) is 20.7 Å². The Bertz CT molecular complexity index is 779. The molecule has 13 heteroatoms. The molecule has 1 aromatic rings. The molecule has 1 fully saturated rings. The van der Waals surface area contributed by atoms with Crippen molar-refractivity contribution < 1.29 is 33.6 Å². The number of sulfonamides is 1. The van der Waals surface area contributed by atoms with E-state index in [1.165, 1.54) is 12.1 Å². The Morgan fingerprint density at radius 2 is 1.96 bits per heavy atom. The van der Waals surface area contributed by atoms with Gasteiger partial charge in [0.15, 0.2) is 11.4 Å². The Morgan fingerprint density at radius 3 is 2.50 bits per heavy atom. The summed E-state index contributed by atoms with van der Waals surface area (Å²) < 4.78 is 27.6. The van der Waals surface area contributed by atoms with Gasteiger partial charge in [0.1, 0.15) is 24.4 Å². The van der Waals surface area contributed by atoms with Gasteiger partial charge in [-0.15, -0.1) is 0 Å². The topological polar surface area (TPSA) is 174 Å². The van der Waals surface area contributed by atoms with Gasteiger partial charge in [0.25, 0.3) is 0 Å². The van der Waals surface area contributed by atoms with Gasteiger partial charge in [-0.05, 0) is 30.4 Å². The molecule has 0 unspecified atom stereocenters. The number of primary sulfonamides is 1. The molecule has 26 heavy (non-hydrogen) atoms. The van der Waals surface area contributed by atoms with Gasteiger partial charge in [-0.25, -0.2) is 13.6 Å². The van der Waals surface area contributed by atoms with Crippen LogP contribution < -0.4 is 15.8 Å². The maximum absolute atomic E-state index is 11.3. The summed E-state index contributed by atoms with van der Waals surface area (Å²) in [6, 6.07) is 2.49. The van der Waals surface area contributed by atoms with Crippen LogP contribution in [0.5, 0.6) is 0 Å². The summed E-state index contributed by atoms with van der Waals surface area (Å²) in [5, 5.41) is 49.0. The molecule has 8 N–H and O–H groups in total. The minimum atomic E-state index is -3.91. The lowest BCUT2D eigenvalue weighted by Crippen LogP contribution is -2.64. The van der Waals surface area contributed by atoms with E-state index < -0.39 is 47.3 Å². The minimum absolute atomic E-state index is 0.0158. The summed E-state index contributed by atoms with van der Waals surface area (Å²) >= 11 is 11.0. The zero-order valence-electron chi connectivity index (χ0n) is 13.1. The first kappa shape index (κ1) is 21.2. The van der Waals surface area contributed by atoms with Crippen LogP contribution in [0, 0.1) is 0 Å². The molecule has 1 heterocycles. The van der Waals surface area contributed by atoms with Crippen molar-refractivity contribution in [3.8, 4) is 0 Å². The molecule has 0 bridgehead atoms. The number of halogens is 1. The lowest BCUT2D eigenvalue weighted by Gasteiger charge is -2.40. The number of nitrogens with one attached hydrogen (secondary N) is 2. The van der Waals surface area contributed by atoms with E-state index in [1.54, 1.807) is 0 Å². The summed E-state index contributed by atoms with van der Waals surface area (Å²) in [5.41, 5.74) is 0.242. The molecule has 1 aliphatic heterocycles. The lowest BCUT2D eigenvalue weighted by molar-refractivity contribution is -0.251. The molecule has 1 saturated heterocycles. The summed E-state index contributed by atoms with van der Waals surface area (Å²) in [4.78, 5) is -0.184. The molecule has 146 valence electrons. The van der Waals surface area contributed by atoms with Crippen molar-refractivity contribution >= 4 is 44.6 Å². The van der Waals surface area contributed by atoms with Crippen LogP contribution >= 0.6 is 23.8 Å². The van der Waals surface area contributed by atoms with E-state index >= 15 is 0 Å². The van der Waals surface area contributed by atoms with Crippen LogP contribution in [0.4, 0.5) is 5.69 Å². The van der Waals surface area contributed by atoms with Gasteiger partial charge in [-0.2, -0.15) is 0 Å². The third-order valence-electron chi connectivity index (χ3n) is 3.72. The molecule has 1 aliphatic rings. The number of anilines is 1. The summed E-state index contributed by atoms with van der Waals surface area (Å²) in [7, 11) is -3.91. The highest BCUT2D eigenvalue weighted by Gasteiger charge is 2.43. The number of nitrogens with two attached hydrogens (primary N) is 1. The number of aliphatic hydroxyl groups excluding tert-OH is 4. The van der Waals surface area contributed by atoms with Crippen molar-refractivity contribution in [2.45, 2.75) is 35.5 Å². The quantitative estimate of drug-likeness (QED) is 0.268. The Morgan fingerprint density at radius 1 is 1.31 bits per heavy atom. The predicted molar refractivity (Wildman–Crippen MR) is 95.9 cm³/mol. The van der Waals surface area contributed by atoms with E-state index in [0.717, 1.165) is 6.07 Å². The van der Waals surface area contributed by atoms with Crippen molar-refractivity contribution in [1.82, 2.24) is 5.32 Å². The number of thiocarbonyl (C=S) groups is 1. The highest BCUT2D eigenvalue weighted by molar-refractivity contribution is 7.89. The Kier molecular flexibility index (Phi) is 6.76. The standard InChI is InChI=1S/C13H18ClN3O7S2/c14-6-3-5(26(15,22)23)1-2-7(6)16-13(25)17-9-11(20)10(19)8(4-18)24-12(9)21/h1-3,8-12,18-21H,4H2,(H2,15,22,23)(H2,16,17,25)/t8-,9-,10+,11-,12+/m1/s1. The molecule has 0 saturated carbocycles. The molecule has 0 spiro atoms. The fourth-order valence-electron chi connectivity index (χ4n) is 2.34.